The summed E-state index contributed by atoms with van der Waals surface area (Å²) in [5, 5.41) is 3.80. The van der Waals surface area contributed by atoms with Gasteiger partial charge in [0.05, 0.1) is 12.7 Å². The third-order valence-corrected chi connectivity index (χ3v) is 5.49. The Morgan fingerprint density at radius 3 is 2.11 bits per heavy atom. The fourth-order valence-corrected chi connectivity index (χ4v) is 4.92. The molecule has 104 valence electrons. The highest BCUT2D eigenvalue weighted by Gasteiger charge is 2.47. The molecular weight excluding hydrogens is 226 g/mol. The minimum absolute atomic E-state index is 0.201. The van der Waals surface area contributed by atoms with Gasteiger partial charge < -0.3 is 14.8 Å². The van der Waals surface area contributed by atoms with Crippen LogP contribution in [0.3, 0.4) is 0 Å². The van der Waals surface area contributed by atoms with Crippen LogP contribution in [0.5, 0.6) is 0 Å². The van der Waals surface area contributed by atoms with Gasteiger partial charge in [-0.3, -0.25) is 0 Å². The molecule has 3 nitrogen and oxygen atoms in total. The summed E-state index contributed by atoms with van der Waals surface area (Å²) < 4.78 is 10.6. The number of nitrogens with one attached hydrogen (secondary N) is 1. The van der Waals surface area contributed by atoms with Crippen LogP contribution < -0.4 is 5.32 Å². The van der Waals surface area contributed by atoms with Crippen molar-refractivity contribution in [3.05, 3.63) is 0 Å². The van der Waals surface area contributed by atoms with Crippen LogP contribution in [0.2, 0.25) is 0 Å². The maximum Gasteiger partial charge on any atom is 0.0928 e. The lowest BCUT2D eigenvalue weighted by Gasteiger charge is -2.54. The van der Waals surface area contributed by atoms with E-state index in [-0.39, 0.29) is 6.10 Å². The van der Waals surface area contributed by atoms with Gasteiger partial charge in [-0.25, -0.2) is 0 Å². The Kier molecular flexibility index (Phi) is 3.92. The Balaban J connectivity index is 1.53. The van der Waals surface area contributed by atoms with Crippen molar-refractivity contribution in [1.82, 2.24) is 5.32 Å². The van der Waals surface area contributed by atoms with E-state index in [0.29, 0.717) is 6.61 Å². The molecule has 0 saturated heterocycles. The third kappa shape index (κ3) is 2.45. The quantitative estimate of drug-likeness (QED) is 0.786. The second-order valence-corrected chi connectivity index (χ2v) is 6.68. The standard InChI is InChI=1S/C15H27NO2/c1-17-9-14(18-2)8-16-15-12-4-10-3-11(6-12)7-13(15)5-10/h10-16H,3-9H2,1-2H3. The zero-order valence-corrected chi connectivity index (χ0v) is 11.7. The summed E-state index contributed by atoms with van der Waals surface area (Å²) in [6.45, 7) is 1.63. The number of hydrogen-bond donors (Lipinski definition) is 1. The number of ether oxygens (including phenoxy) is 2. The van der Waals surface area contributed by atoms with Crippen molar-refractivity contribution in [2.24, 2.45) is 23.7 Å². The molecule has 0 aromatic carbocycles. The van der Waals surface area contributed by atoms with Gasteiger partial charge in [0.1, 0.15) is 0 Å². The fourth-order valence-electron chi connectivity index (χ4n) is 4.92. The molecule has 0 aromatic rings. The average molecular weight is 253 g/mol. The van der Waals surface area contributed by atoms with E-state index in [9.17, 15) is 0 Å². The van der Waals surface area contributed by atoms with Crippen LogP contribution in [0.15, 0.2) is 0 Å². The van der Waals surface area contributed by atoms with Crippen LogP contribution in [0, 0.1) is 23.7 Å². The third-order valence-electron chi connectivity index (χ3n) is 5.49. The second kappa shape index (κ2) is 5.48. The smallest absolute Gasteiger partial charge is 0.0928 e. The lowest BCUT2D eigenvalue weighted by Crippen LogP contribution is -2.55. The van der Waals surface area contributed by atoms with Gasteiger partial charge in [-0.2, -0.15) is 0 Å². The Bertz CT molecular complexity index is 254. The molecule has 4 saturated carbocycles. The molecule has 1 atom stereocenters. The van der Waals surface area contributed by atoms with Gasteiger partial charge in [0.15, 0.2) is 0 Å². The van der Waals surface area contributed by atoms with Crippen molar-refractivity contribution in [3.63, 3.8) is 0 Å². The average Bonchev–Trinajstić information content (AvgIpc) is 2.35. The summed E-state index contributed by atoms with van der Waals surface area (Å²) in [6, 6.07) is 0.757. The molecule has 4 aliphatic carbocycles. The molecule has 1 N–H and O–H groups in total. The predicted octanol–water partition coefficient (Wildman–Crippen LogP) is 2.06. The number of methoxy groups -OCH3 is 2. The molecule has 0 spiro atoms. The first-order valence-electron chi connectivity index (χ1n) is 7.55. The summed E-state index contributed by atoms with van der Waals surface area (Å²) in [6.07, 6.45) is 7.65. The van der Waals surface area contributed by atoms with Gasteiger partial charge in [-0.1, -0.05) is 0 Å². The summed E-state index contributed by atoms with van der Waals surface area (Å²) in [5.74, 6) is 4.01. The molecule has 0 amide bonds. The van der Waals surface area contributed by atoms with E-state index in [0.717, 1.165) is 36.3 Å². The SMILES string of the molecule is COCC(CNC1C2CC3CC(C2)CC1C3)OC. The number of rotatable bonds is 6. The van der Waals surface area contributed by atoms with E-state index in [4.69, 9.17) is 9.47 Å². The van der Waals surface area contributed by atoms with Crippen LogP contribution in [-0.4, -0.2) is 39.5 Å². The molecule has 4 fully saturated rings. The Morgan fingerprint density at radius 1 is 1.00 bits per heavy atom. The van der Waals surface area contributed by atoms with Crippen molar-refractivity contribution in [2.45, 2.75) is 44.2 Å². The van der Waals surface area contributed by atoms with Gasteiger partial charge in [0.2, 0.25) is 0 Å². The lowest BCUT2D eigenvalue weighted by molar-refractivity contribution is -0.0251. The van der Waals surface area contributed by atoms with Crippen LogP contribution in [0.1, 0.15) is 32.1 Å². The van der Waals surface area contributed by atoms with Gasteiger partial charge >= 0.3 is 0 Å². The molecule has 0 radical (unpaired) electrons. The molecule has 3 heteroatoms. The van der Waals surface area contributed by atoms with E-state index in [1.165, 1.54) is 32.1 Å². The Morgan fingerprint density at radius 2 is 1.61 bits per heavy atom. The van der Waals surface area contributed by atoms with E-state index >= 15 is 0 Å². The van der Waals surface area contributed by atoms with E-state index < -0.39 is 0 Å². The minimum atomic E-state index is 0.201. The maximum absolute atomic E-state index is 5.45. The molecule has 1 unspecified atom stereocenters. The van der Waals surface area contributed by atoms with Gasteiger partial charge in [0.25, 0.3) is 0 Å². The predicted molar refractivity (Wildman–Crippen MR) is 71.5 cm³/mol. The minimum Gasteiger partial charge on any atom is -0.382 e. The highest BCUT2D eigenvalue weighted by Crippen LogP contribution is 2.53. The first kappa shape index (κ1) is 12.9. The Hall–Kier alpha value is -0.120. The fraction of sp³-hybridized carbons (Fsp3) is 1.00. The number of hydrogen-bond acceptors (Lipinski definition) is 3. The first-order chi connectivity index (χ1) is 8.80. The van der Waals surface area contributed by atoms with E-state index in [1.807, 2.05) is 0 Å². The Labute approximate surface area is 111 Å². The molecule has 4 bridgehead atoms. The second-order valence-electron chi connectivity index (χ2n) is 6.68. The largest absolute Gasteiger partial charge is 0.382 e. The van der Waals surface area contributed by atoms with Gasteiger partial charge in [-0.15, -0.1) is 0 Å². The molecule has 0 aromatic heterocycles. The lowest BCUT2D eigenvalue weighted by atomic mass is 9.54. The molecule has 0 aliphatic heterocycles. The highest BCUT2D eigenvalue weighted by atomic mass is 16.5. The zero-order chi connectivity index (χ0) is 12.5. The maximum atomic E-state index is 5.45. The molecule has 4 aliphatic rings. The molecule has 4 rings (SSSR count). The van der Waals surface area contributed by atoms with Crippen LogP contribution in [-0.2, 0) is 9.47 Å². The van der Waals surface area contributed by atoms with Crippen molar-refractivity contribution >= 4 is 0 Å². The summed E-state index contributed by atoms with van der Waals surface area (Å²) in [5.41, 5.74) is 0. The molecular formula is C15H27NO2. The van der Waals surface area contributed by atoms with Crippen molar-refractivity contribution in [1.29, 1.82) is 0 Å². The highest BCUT2D eigenvalue weighted by molar-refractivity contribution is 5.01. The summed E-state index contributed by atoms with van der Waals surface area (Å²) >= 11 is 0. The van der Waals surface area contributed by atoms with Crippen LogP contribution in [0.25, 0.3) is 0 Å². The first-order valence-corrected chi connectivity index (χ1v) is 7.55. The molecule has 0 heterocycles. The monoisotopic (exact) mass is 253 g/mol. The van der Waals surface area contributed by atoms with E-state index in [2.05, 4.69) is 5.32 Å². The zero-order valence-electron chi connectivity index (χ0n) is 11.7. The summed E-state index contributed by atoms with van der Waals surface area (Å²) in [7, 11) is 3.52. The van der Waals surface area contributed by atoms with Crippen LogP contribution in [0.4, 0.5) is 0 Å². The van der Waals surface area contributed by atoms with Crippen molar-refractivity contribution in [2.75, 3.05) is 27.4 Å². The van der Waals surface area contributed by atoms with Crippen molar-refractivity contribution < 1.29 is 9.47 Å². The topological polar surface area (TPSA) is 30.5 Å². The van der Waals surface area contributed by atoms with Gasteiger partial charge in [0, 0.05) is 26.8 Å². The summed E-state index contributed by atoms with van der Waals surface area (Å²) in [4.78, 5) is 0. The normalized spacial score (nSPS) is 43.3. The van der Waals surface area contributed by atoms with Crippen LogP contribution >= 0.6 is 0 Å². The van der Waals surface area contributed by atoms with E-state index in [1.54, 1.807) is 14.2 Å². The van der Waals surface area contributed by atoms with Crippen molar-refractivity contribution in [3.8, 4) is 0 Å². The molecule has 18 heavy (non-hydrogen) atoms. The van der Waals surface area contributed by atoms with Gasteiger partial charge in [-0.05, 0) is 55.8 Å².